The number of pyridine rings is 2. The van der Waals surface area contributed by atoms with E-state index in [1.807, 2.05) is 42.4 Å². The molecule has 0 saturated carbocycles. The molecule has 0 aromatic carbocycles. The molecule has 6 nitrogen and oxygen atoms in total. The van der Waals surface area contributed by atoms with Crippen molar-refractivity contribution in [1.29, 1.82) is 0 Å². The molecule has 144 valence electrons. The number of nitrogens with zero attached hydrogens (tertiary/aromatic N) is 4. The van der Waals surface area contributed by atoms with Crippen molar-refractivity contribution in [3.63, 3.8) is 0 Å². The second kappa shape index (κ2) is 9.46. The molecule has 0 aliphatic carbocycles. The summed E-state index contributed by atoms with van der Waals surface area (Å²) in [4.78, 5) is 25.4. The van der Waals surface area contributed by atoms with Crippen LogP contribution in [0.3, 0.4) is 0 Å². The highest BCUT2D eigenvalue weighted by atomic mass is 16.1. The minimum atomic E-state index is -0.0533. The molecule has 6 heteroatoms. The second-order valence-electron chi connectivity index (χ2n) is 7.30. The fourth-order valence-corrected chi connectivity index (χ4v) is 3.56. The number of likely N-dealkylation sites (tertiary alicyclic amines) is 1. The maximum Gasteiger partial charge on any atom is 0.252 e. The predicted molar refractivity (Wildman–Crippen MR) is 108 cm³/mol. The van der Waals surface area contributed by atoms with Crippen molar-refractivity contribution in [2.24, 2.45) is 0 Å². The summed E-state index contributed by atoms with van der Waals surface area (Å²) >= 11 is 0. The minimum absolute atomic E-state index is 0.0533. The molecular formula is C21H29N5O. The number of nitrogens with one attached hydrogen (secondary N) is 1. The van der Waals surface area contributed by atoms with Gasteiger partial charge in [-0.2, -0.15) is 0 Å². The molecular weight excluding hydrogens is 338 g/mol. The highest BCUT2D eigenvalue weighted by Gasteiger charge is 2.18. The Morgan fingerprint density at radius 1 is 1.30 bits per heavy atom. The Morgan fingerprint density at radius 2 is 2.19 bits per heavy atom. The molecule has 2 aromatic heterocycles. The first kappa shape index (κ1) is 19.3. The van der Waals surface area contributed by atoms with Gasteiger partial charge in [0.25, 0.3) is 5.91 Å². The van der Waals surface area contributed by atoms with E-state index < -0.39 is 0 Å². The van der Waals surface area contributed by atoms with Gasteiger partial charge < -0.3 is 15.1 Å². The molecule has 0 radical (unpaired) electrons. The van der Waals surface area contributed by atoms with Crippen LogP contribution in [-0.4, -0.2) is 54.0 Å². The molecule has 3 heterocycles. The number of hydrogen-bond acceptors (Lipinski definition) is 5. The van der Waals surface area contributed by atoms with Crippen molar-refractivity contribution < 1.29 is 4.79 Å². The zero-order valence-electron chi connectivity index (χ0n) is 16.3. The summed E-state index contributed by atoms with van der Waals surface area (Å²) in [6, 6.07) is 8.27. The lowest BCUT2D eigenvalue weighted by Crippen LogP contribution is -2.39. The standard InChI is InChI=1S/C21H29N5O/c1-25-13-4-3-7-19(25)10-12-23-21(27)18-8-9-20(24-15-18)26(2)16-17-6-5-11-22-14-17/h5-6,8-9,11,14-15,19H,3-4,7,10,12-13,16H2,1-2H3,(H,23,27). The predicted octanol–water partition coefficient (Wildman–Crippen LogP) is 2.72. The summed E-state index contributed by atoms with van der Waals surface area (Å²) in [5.74, 6) is 0.779. The number of carbonyl (C=O) groups is 1. The summed E-state index contributed by atoms with van der Waals surface area (Å²) in [6.07, 6.45) is 10.1. The number of rotatable bonds is 7. The number of aromatic nitrogens is 2. The molecule has 3 rings (SSSR count). The largest absolute Gasteiger partial charge is 0.355 e. The Balaban J connectivity index is 1.48. The number of anilines is 1. The highest BCUT2D eigenvalue weighted by molar-refractivity contribution is 5.94. The summed E-state index contributed by atoms with van der Waals surface area (Å²) in [7, 11) is 4.16. The molecule has 1 fully saturated rings. The Kier molecular flexibility index (Phi) is 6.76. The van der Waals surface area contributed by atoms with Gasteiger partial charge in [0.05, 0.1) is 5.56 Å². The van der Waals surface area contributed by atoms with Gasteiger partial charge in [-0.1, -0.05) is 12.5 Å². The topological polar surface area (TPSA) is 61.4 Å². The van der Waals surface area contributed by atoms with Gasteiger partial charge in [-0.3, -0.25) is 9.78 Å². The Hall–Kier alpha value is -2.47. The summed E-state index contributed by atoms with van der Waals surface area (Å²) in [5.41, 5.74) is 1.72. The quantitative estimate of drug-likeness (QED) is 0.815. The van der Waals surface area contributed by atoms with Gasteiger partial charge in [0.1, 0.15) is 5.82 Å². The maximum atomic E-state index is 12.4. The van der Waals surface area contributed by atoms with Crippen LogP contribution in [0.2, 0.25) is 0 Å². The van der Waals surface area contributed by atoms with Gasteiger partial charge in [-0.25, -0.2) is 4.98 Å². The summed E-state index contributed by atoms with van der Waals surface area (Å²) in [6.45, 7) is 2.59. The Morgan fingerprint density at radius 3 is 2.89 bits per heavy atom. The molecule has 1 atom stereocenters. The molecule has 1 unspecified atom stereocenters. The fourth-order valence-electron chi connectivity index (χ4n) is 3.56. The van der Waals surface area contributed by atoms with Crippen molar-refractivity contribution >= 4 is 11.7 Å². The normalized spacial score (nSPS) is 17.5. The number of amides is 1. The highest BCUT2D eigenvalue weighted by Crippen LogP contribution is 2.17. The van der Waals surface area contributed by atoms with Crippen LogP contribution in [0.15, 0.2) is 42.9 Å². The van der Waals surface area contributed by atoms with E-state index in [9.17, 15) is 4.79 Å². The van der Waals surface area contributed by atoms with Gasteiger partial charge >= 0.3 is 0 Å². The zero-order chi connectivity index (χ0) is 19.1. The van der Waals surface area contributed by atoms with Crippen LogP contribution in [0.4, 0.5) is 5.82 Å². The molecule has 2 aromatic rings. The van der Waals surface area contributed by atoms with E-state index in [1.165, 1.54) is 19.3 Å². The van der Waals surface area contributed by atoms with Crippen LogP contribution in [0.1, 0.15) is 41.6 Å². The van der Waals surface area contributed by atoms with Crippen molar-refractivity contribution in [2.75, 3.05) is 32.1 Å². The lowest BCUT2D eigenvalue weighted by atomic mass is 10.0. The average molecular weight is 367 g/mol. The lowest BCUT2D eigenvalue weighted by molar-refractivity contribution is 0.0945. The smallest absolute Gasteiger partial charge is 0.252 e. The molecule has 1 aliphatic heterocycles. The van der Waals surface area contributed by atoms with Crippen LogP contribution >= 0.6 is 0 Å². The van der Waals surface area contributed by atoms with Crippen LogP contribution in [0.5, 0.6) is 0 Å². The van der Waals surface area contributed by atoms with Crippen LogP contribution in [-0.2, 0) is 6.54 Å². The Bertz CT molecular complexity index is 719. The second-order valence-corrected chi connectivity index (χ2v) is 7.30. The summed E-state index contributed by atoms with van der Waals surface area (Å²) < 4.78 is 0. The minimum Gasteiger partial charge on any atom is -0.355 e. The summed E-state index contributed by atoms with van der Waals surface area (Å²) in [5, 5.41) is 3.03. The van der Waals surface area contributed by atoms with E-state index in [-0.39, 0.29) is 5.91 Å². The number of piperidine rings is 1. The zero-order valence-corrected chi connectivity index (χ0v) is 16.3. The first-order chi connectivity index (χ1) is 13.1. The van der Waals surface area contributed by atoms with Gasteiger partial charge in [0.2, 0.25) is 0 Å². The third-order valence-corrected chi connectivity index (χ3v) is 5.23. The molecule has 1 aliphatic rings. The maximum absolute atomic E-state index is 12.4. The van der Waals surface area contributed by atoms with Crippen molar-refractivity contribution in [2.45, 2.75) is 38.3 Å². The molecule has 1 amide bonds. The molecule has 1 saturated heterocycles. The Labute approximate surface area is 161 Å². The van der Waals surface area contributed by atoms with Crippen LogP contribution in [0.25, 0.3) is 0 Å². The van der Waals surface area contributed by atoms with Crippen LogP contribution < -0.4 is 10.2 Å². The number of carbonyl (C=O) groups excluding carboxylic acids is 1. The number of hydrogen-bond donors (Lipinski definition) is 1. The molecule has 1 N–H and O–H groups in total. The first-order valence-electron chi connectivity index (χ1n) is 9.68. The van der Waals surface area contributed by atoms with Gasteiger partial charge in [-0.15, -0.1) is 0 Å². The first-order valence-corrected chi connectivity index (χ1v) is 9.68. The lowest BCUT2D eigenvalue weighted by Gasteiger charge is -2.32. The van der Waals surface area contributed by atoms with Crippen molar-refractivity contribution in [1.82, 2.24) is 20.2 Å². The third-order valence-electron chi connectivity index (χ3n) is 5.23. The van der Waals surface area contributed by atoms with Gasteiger partial charge in [0.15, 0.2) is 0 Å². The van der Waals surface area contributed by atoms with E-state index >= 15 is 0 Å². The van der Waals surface area contributed by atoms with Crippen molar-refractivity contribution in [3.05, 3.63) is 54.0 Å². The third kappa shape index (κ3) is 5.50. The molecule has 0 spiro atoms. The van der Waals surface area contributed by atoms with Gasteiger partial charge in [0, 0.05) is 44.8 Å². The van der Waals surface area contributed by atoms with E-state index in [0.29, 0.717) is 18.2 Å². The molecule has 27 heavy (non-hydrogen) atoms. The van der Waals surface area contributed by atoms with Crippen LogP contribution in [0, 0.1) is 0 Å². The van der Waals surface area contributed by atoms with E-state index in [4.69, 9.17) is 0 Å². The molecule has 0 bridgehead atoms. The fraction of sp³-hybridized carbons (Fsp3) is 0.476. The van der Waals surface area contributed by atoms with E-state index in [0.717, 1.165) is 30.9 Å². The van der Waals surface area contributed by atoms with E-state index in [1.54, 1.807) is 12.4 Å². The van der Waals surface area contributed by atoms with Crippen molar-refractivity contribution in [3.8, 4) is 0 Å². The average Bonchev–Trinajstić information content (AvgIpc) is 2.70. The SMILES string of the molecule is CN(Cc1cccnc1)c1ccc(C(=O)NCCC2CCCCN2C)cn1. The van der Waals surface area contributed by atoms with E-state index in [2.05, 4.69) is 27.2 Å². The van der Waals surface area contributed by atoms with Gasteiger partial charge in [-0.05, 0) is 56.6 Å². The monoisotopic (exact) mass is 367 g/mol.